The molecule has 0 spiro atoms. The number of methoxy groups -OCH3 is 1. The van der Waals surface area contributed by atoms with E-state index in [4.69, 9.17) is 4.74 Å². The summed E-state index contributed by atoms with van der Waals surface area (Å²) in [6.45, 7) is 5.15. The average molecular weight is 334 g/mol. The second-order valence-electron chi connectivity index (χ2n) is 4.96. The van der Waals surface area contributed by atoms with Gasteiger partial charge in [-0.1, -0.05) is 40.2 Å². The van der Waals surface area contributed by atoms with Crippen LogP contribution >= 0.6 is 15.9 Å². The average Bonchev–Trinajstić information content (AvgIpc) is 2.48. The Labute approximate surface area is 129 Å². The van der Waals surface area contributed by atoms with E-state index in [9.17, 15) is 0 Å². The zero-order valence-electron chi connectivity index (χ0n) is 12.1. The molecule has 0 fully saturated rings. The van der Waals surface area contributed by atoms with Crippen LogP contribution in [0.15, 0.2) is 46.9 Å². The van der Waals surface area contributed by atoms with Gasteiger partial charge in [-0.15, -0.1) is 0 Å². The van der Waals surface area contributed by atoms with E-state index in [-0.39, 0.29) is 0 Å². The molecule has 0 aromatic heterocycles. The first-order chi connectivity index (χ1) is 9.60. The maximum Gasteiger partial charge on any atom is 0.118 e. The molecular weight excluding hydrogens is 314 g/mol. The molecule has 106 valence electrons. The normalized spacial score (nSPS) is 12.2. The zero-order chi connectivity index (χ0) is 14.5. The van der Waals surface area contributed by atoms with Gasteiger partial charge in [0, 0.05) is 17.1 Å². The van der Waals surface area contributed by atoms with Gasteiger partial charge in [-0.05, 0) is 48.7 Å². The Kier molecular flexibility index (Phi) is 5.21. The molecule has 0 saturated heterocycles. The van der Waals surface area contributed by atoms with Crippen molar-refractivity contribution >= 4 is 15.9 Å². The third-order valence-corrected chi connectivity index (χ3v) is 4.34. The third-order valence-electron chi connectivity index (χ3n) is 3.45. The zero-order valence-corrected chi connectivity index (χ0v) is 13.7. The molecule has 0 aliphatic heterocycles. The van der Waals surface area contributed by atoms with Crippen molar-refractivity contribution in [2.45, 2.75) is 26.4 Å². The van der Waals surface area contributed by atoms with Crippen molar-refractivity contribution in [3.05, 3.63) is 63.6 Å². The summed E-state index contributed by atoms with van der Waals surface area (Å²) < 4.78 is 6.33. The topological polar surface area (TPSA) is 21.3 Å². The summed E-state index contributed by atoms with van der Waals surface area (Å²) in [4.78, 5) is 0. The van der Waals surface area contributed by atoms with E-state index in [1.165, 1.54) is 16.7 Å². The molecule has 0 aliphatic rings. The van der Waals surface area contributed by atoms with Crippen molar-refractivity contribution in [2.24, 2.45) is 0 Å². The van der Waals surface area contributed by atoms with Crippen LogP contribution < -0.4 is 10.1 Å². The fourth-order valence-corrected chi connectivity index (χ4v) is 2.34. The van der Waals surface area contributed by atoms with E-state index in [0.717, 1.165) is 16.8 Å². The van der Waals surface area contributed by atoms with Gasteiger partial charge in [-0.3, -0.25) is 0 Å². The minimum Gasteiger partial charge on any atom is -0.497 e. The molecule has 2 aromatic rings. The number of ether oxygens (including phenoxy) is 1. The van der Waals surface area contributed by atoms with E-state index in [1.807, 2.05) is 12.1 Å². The van der Waals surface area contributed by atoms with E-state index in [1.54, 1.807) is 7.11 Å². The molecule has 0 aliphatic carbocycles. The Morgan fingerprint density at radius 1 is 1.15 bits per heavy atom. The van der Waals surface area contributed by atoms with E-state index in [2.05, 4.69) is 65.4 Å². The molecule has 2 aromatic carbocycles. The van der Waals surface area contributed by atoms with Crippen molar-refractivity contribution in [2.75, 3.05) is 7.11 Å². The quantitative estimate of drug-likeness (QED) is 0.862. The molecule has 0 radical (unpaired) electrons. The van der Waals surface area contributed by atoms with Crippen LogP contribution in [0.1, 0.15) is 29.7 Å². The fourth-order valence-electron chi connectivity index (χ4n) is 2.10. The summed E-state index contributed by atoms with van der Waals surface area (Å²) >= 11 is 3.53. The number of rotatable bonds is 5. The second-order valence-corrected chi connectivity index (χ2v) is 5.81. The number of halogens is 1. The molecule has 3 heteroatoms. The highest BCUT2D eigenvalue weighted by molar-refractivity contribution is 9.10. The molecule has 1 N–H and O–H groups in total. The van der Waals surface area contributed by atoms with Crippen molar-refractivity contribution in [3.8, 4) is 5.75 Å². The SMILES string of the molecule is COc1ccc(C(C)NCc2ccc(Br)c(C)c2)cc1. The second kappa shape index (κ2) is 6.91. The summed E-state index contributed by atoms with van der Waals surface area (Å²) in [5, 5.41) is 3.54. The molecule has 0 bridgehead atoms. The van der Waals surface area contributed by atoms with Crippen LogP contribution in [0.4, 0.5) is 0 Å². The highest BCUT2D eigenvalue weighted by Gasteiger charge is 2.05. The molecule has 0 amide bonds. The van der Waals surface area contributed by atoms with Crippen molar-refractivity contribution in [1.29, 1.82) is 0 Å². The highest BCUT2D eigenvalue weighted by atomic mass is 79.9. The van der Waals surface area contributed by atoms with Crippen LogP contribution in [0, 0.1) is 6.92 Å². The summed E-state index contributed by atoms with van der Waals surface area (Å²) in [5.74, 6) is 0.893. The summed E-state index contributed by atoms with van der Waals surface area (Å²) in [6.07, 6.45) is 0. The van der Waals surface area contributed by atoms with Gasteiger partial charge in [0.1, 0.15) is 5.75 Å². The van der Waals surface area contributed by atoms with Gasteiger partial charge in [-0.2, -0.15) is 0 Å². The summed E-state index contributed by atoms with van der Waals surface area (Å²) in [6, 6.07) is 15.0. The molecule has 0 saturated carbocycles. The van der Waals surface area contributed by atoms with Gasteiger partial charge in [-0.25, -0.2) is 0 Å². The van der Waals surface area contributed by atoms with Gasteiger partial charge in [0.2, 0.25) is 0 Å². The summed E-state index contributed by atoms with van der Waals surface area (Å²) in [7, 11) is 1.69. The number of benzene rings is 2. The minimum atomic E-state index is 0.310. The Bertz CT molecular complexity index is 566. The van der Waals surface area contributed by atoms with Crippen LogP contribution in [0.2, 0.25) is 0 Å². The fraction of sp³-hybridized carbons (Fsp3) is 0.294. The van der Waals surface area contributed by atoms with E-state index >= 15 is 0 Å². The summed E-state index contributed by atoms with van der Waals surface area (Å²) in [5.41, 5.74) is 3.83. The number of nitrogens with one attached hydrogen (secondary N) is 1. The monoisotopic (exact) mass is 333 g/mol. The lowest BCUT2D eigenvalue weighted by Crippen LogP contribution is -2.18. The molecule has 1 unspecified atom stereocenters. The smallest absolute Gasteiger partial charge is 0.118 e. The first-order valence-corrected chi connectivity index (χ1v) is 7.52. The van der Waals surface area contributed by atoms with Gasteiger partial charge in [0.05, 0.1) is 7.11 Å². The van der Waals surface area contributed by atoms with Gasteiger partial charge < -0.3 is 10.1 Å². The first-order valence-electron chi connectivity index (χ1n) is 6.72. The molecule has 2 rings (SSSR count). The maximum atomic E-state index is 5.18. The molecule has 20 heavy (non-hydrogen) atoms. The van der Waals surface area contributed by atoms with E-state index in [0.29, 0.717) is 6.04 Å². The van der Waals surface area contributed by atoms with Gasteiger partial charge >= 0.3 is 0 Å². The number of aryl methyl sites for hydroxylation is 1. The van der Waals surface area contributed by atoms with Crippen LogP contribution in [0.5, 0.6) is 5.75 Å². The minimum absolute atomic E-state index is 0.310. The van der Waals surface area contributed by atoms with Crippen LogP contribution in [0.3, 0.4) is 0 Å². The van der Waals surface area contributed by atoms with Crippen LogP contribution in [-0.4, -0.2) is 7.11 Å². The van der Waals surface area contributed by atoms with E-state index < -0.39 is 0 Å². The molecular formula is C17H20BrNO. The molecule has 1 atom stereocenters. The van der Waals surface area contributed by atoms with Crippen molar-refractivity contribution in [1.82, 2.24) is 5.32 Å². The maximum absolute atomic E-state index is 5.18. The van der Waals surface area contributed by atoms with Gasteiger partial charge in [0.15, 0.2) is 0 Å². The Morgan fingerprint density at radius 2 is 1.85 bits per heavy atom. The lowest BCUT2D eigenvalue weighted by atomic mass is 10.1. The third kappa shape index (κ3) is 3.84. The number of hydrogen-bond acceptors (Lipinski definition) is 2. The molecule has 2 nitrogen and oxygen atoms in total. The van der Waals surface area contributed by atoms with Crippen LogP contribution in [0.25, 0.3) is 0 Å². The molecule has 0 heterocycles. The Hall–Kier alpha value is -1.32. The van der Waals surface area contributed by atoms with Crippen LogP contribution in [-0.2, 0) is 6.54 Å². The van der Waals surface area contributed by atoms with Gasteiger partial charge in [0.25, 0.3) is 0 Å². The van der Waals surface area contributed by atoms with Crippen molar-refractivity contribution in [3.63, 3.8) is 0 Å². The standard InChI is InChI=1S/C17H20BrNO/c1-12-10-14(4-9-17(12)18)11-19-13(2)15-5-7-16(20-3)8-6-15/h4-10,13,19H,11H2,1-3H3. The van der Waals surface area contributed by atoms with Crippen molar-refractivity contribution < 1.29 is 4.74 Å². The predicted octanol–water partition coefficient (Wildman–Crippen LogP) is 4.62. The Balaban J connectivity index is 1.96. The lowest BCUT2D eigenvalue weighted by Gasteiger charge is -2.15. The Morgan fingerprint density at radius 3 is 2.45 bits per heavy atom. The lowest BCUT2D eigenvalue weighted by molar-refractivity contribution is 0.414. The number of hydrogen-bond donors (Lipinski definition) is 1. The first kappa shape index (κ1) is 15.1. The largest absolute Gasteiger partial charge is 0.497 e. The highest BCUT2D eigenvalue weighted by Crippen LogP contribution is 2.19. The predicted molar refractivity (Wildman–Crippen MR) is 87.1 cm³/mol.